The summed E-state index contributed by atoms with van der Waals surface area (Å²) in [6.07, 6.45) is 0. The number of ether oxygens (including phenoxy) is 3. The smallest absolute Gasteiger partial charge is 0.246 e. The predicted octanol–water partition coefficient (Wildman–Crippen LogP) is 1.92. The van der Waals surface area contributed by atoms with E-state index in [1.54, 1.807) is 35.3 Å². The van der Waals surface area contributed by atoms with Crippen LogP contribution in [0.2, 0.25) is 0 Å². The van der Waals surface area contributed by atoms with Gasteiger partial charge in [-0.2, -0.15) is 4.98 Å². The number of hydrogen-bond donors (Lipinski definition) is 1. The van der Waals surface area contributed by atoms with E-state index >= 15 is 0 Å². The van der Waals surface area contributed by atoms with Gasteiger partial charge in [0.05, 0.1) is 27.9 Å². The third-order valence-corrected chi connectivity index (χ3v) is 4.98. The maximum Gasteiger partial charge on any atom is 0.246 e. The molecule has 0 amide bonds. The minimum absolute atomic E-state index is 0. The molecule has 1 N–H and O–H groups in total. The van der Waals surface area contributed by atoms with Crippen LogP contribution in [0.25, 0.3) is 0 Å². The molecule has 172 valence electrons. The Labute approximate surface area is 199 Å². The van der Waals surface area contributed by atoms with Crippen LogP contribution in [0.5, 0.6) is 17.2 Å². The number of nitrogens with zero attached hydrogens (tertiary/aromatic N) is 5. The van der Waals surface area contributed by atoms with Gasteiger partial charge in [0.25, 0.3) is 0 Å². The number of aromatic nitrogens is 2. The Kier molecular flexibility index (Phi) is 9.62. The lowest BCUT2D eigenvalue weighted by Crippen LogP contribution is -2.52. The number of aryl methyl sites for hydroxylation is 1. The van der Waals surface area contributed by atoms with Crippen molar-refractivity contribution >= 4 is 29.9 Å². The van der Waals surface area contributed by atoms with Crippen molar-refractivity contribution in [1.29, 1.82) is 0 Å². The molecule has 10 nitrogen and oxygen atoms in total. The minimum Gasteiger partial charge on any atom is -0.493 e. The van der Waals surface area contributed by atoms with Gasteiger partial charge in [0.1, 0.15) is 0 Å². The Balaban J connectivity index is 0.00000341. The summed E-state index contributed by atoms with van der Waals surface area (Å²) < 4.78 is 21.5. The zero-order valence-corrected chi connectivity index (χ0v) is 21.0. The van der Waals surface area contributed by atoms with E-state index in [9.17, 15) is 0 Å². The Morgan fingerprint density at radius 2 is 1.74 bits per heavy atom. The average Bonchev–Trinajstić information content (AvgIpc) is 3.19. The van der Waals surface area contributed by atoms with Crippen LogP contribution >= 0.6 is 24.0 Å². The number of piperazine rings is 1. The zero-order chi connectivity index (χ0) is 21.5. The number of aliphatic imine (C=N–C) groups is 1. The maximum atomic E-state index is 5.46. The molecule has 0 bridgehead atoms. The lowest BCUT2D eigenvalue weighted by molar-refractivity contribution is 0.172. The Hall–Kier alpha value is -2.28. The topological polar surface area (TPSA) is 97.5 Å². The largest absolute Gasteiger partial charge is 0.493 e. The van der Waals surface area contributed by atoms with Crippen molar-refractivity contribution in [3.05, 3.63) is 29.4 Å². The van der Waals surface area contributed by atoms with Crippen molar-refractivity contribution < 1.29 is 18.7 Å². The number of rotatable bonds is 7. The second-order valence-electron chi connectivity index (χ2n) is 6.93. The summed E-state index contributed by atoms with van der Waals surface area (Å²) in [7, 11) is 6.66. The molecule has 0 unspecified atom stereocenters. The maximum absolute atomic E-state index is 5.46. The van der Waals surface area contributed by atoms with E-state index in [1.807, 2.05) is 12.1 Å². The normalized spacial score (nSPS) is 14.7. The van der Waals surface area contributed by atoms with Gasteiger partial charge in [-0.3, -0.25) is 9.89 Å². The van der Waals surface area contributed by atoms with Gasteiger partial charge in [-0.25, -0.2) is 0 Å². The lowest BCUT2D eigenvalue weighted by atomic mass is 10.1. The van der Waals surface area contributed by atoms with Crippen molar-refractivity contribution in [3.63, 3.8) is 0 Å². The summed E-state index contributed by atoms with van der Waals surface area (Å²) in [6.45, 7) is 6.63. The molecule has 0 spiro atoms. The number of guanidine groups is 1. The van der Waals surface area contributed by atoms with E-state index in [-0.39, 0.29) is 24.0 Å². The summed E-state index contributed by atoms with van der Waals surface area (Å²) in [5.41, 5.74) is 1.12. The van der Waals surface area contributed by atoms with Crippen molar-refractivity contribution in [2.75, 3.05) is 54.6 Å². The van der Waals surface area contributed by atoms with E-state index in [4.69, 9.17) is 18.7 Å². The fourth-order valence-electron chi connectivity index (χ4n) is 3.50. The van der Waals surface area contributed by atoms with Crippen LogP contribution in [0.1, 0.15) is 17.3 Å². The molecule has 1 fully saturated rings. The van der Waals surface area contributed by atoms with E-state index in [0.717, 1.165) is 44.2 Å². The van der Waals surface area contributed by atoms with Crippen molar-refractivity contribution in [2.45, 2.75) is 20.0 Å². The molecule has 1 aromatic carbocycles. The van der Waals surface area contributed by atoms with Crippen LogP contribution in [0.15, 0.2) is 21.6 Å². The van der Waals surface area contributed by atoms with Gasteiger partial charge < -0.3 is 29.0 Å². The first-order chi connectivity index (χ1) is 14.6. The Morgan fingerprint density at radius 1 is 1.10 bits per heavy atom. The van der Waals surface area contributed by atoms with Crippen LogP contribution in [0, 0.1) is 6.92 Å². The van der Waals surface area contributed by atoms with Gasteiger partial charge in [-0.15, -0.1) is 24.0 Å². The van der Waals surface area contributed by atoms with Gasteiger partial charge in [0.2, 0.25) is 11.6 Å². The summed E-state index contributed by atoms with van der Waals surface area (Å²) in [5.74, 6) is 3.97. The fraction of sp³-hybridized carbons (Fsp3) is 0.550. The van der Waals surface area contributed by atoms with Crippen molar-refractivity contribution in [3.8, 4) is 17.2 Å². The van der Waals surface area contributed by atoms with Crippen LogP contribution in [-0.4, -0.2) is 80.5 Å². The van der Waals surface area contributed by atoms with Crippen LogP contribution in [-0.2, 0) is 13.1 Å². The third-order valence-electron chi connectivity index (χ3n) is 4.98. The minimum atomic E-state index is 0. The molecule has 31 heavy (non-hydrogen) atoms. The highest BCUT2D eigenvalue weighted by Gasteiger charge is 2.21. The number of methoxy groups -OCH3 is 3. The molecule has 2 heterocycles. The molecule has 1 aromatic heterocycles. The second kappa shape index (κ2) is 11.9. The average molecular weight is 546 g/mol. The van der Waals surface area contributed by atoms with Crippen LogP contribution < -0.4 is 19.5 Å². The van der Waals surface area contributed by atoms with Crippen molar-refractivity contribution in [2.24, 2.45) is 4.99 Å². The van der Waals surface area contributed by atoms with Gasteiger partial charge >= 0.3 is 0 Å². The molecule has 0 aliphatic carbocycles. The molecule has 0 radical (unpaired) electrons. The fourth-order valence-corrected chi connectivity index (χ4v) is 3.50. The SMILES string of the molecule is CN=C(NCc1nc(C)no1)N1CCN(Cc2cc(OC)c(OC)c(OC)c2)CC1.I. The monoisotopic (exact) mass is 546 g/mol. The highest BCUT2D eigenvalue weighted by atomic mass is 127. The molecule has 3 rings (SSSR count). The standard InChI is InChI=1S/C20H30N6O4.HI/c1-14-23-18(30-24-14)12-22-20(21-2)26-8-6-25(7-9-26)13-15-10-16(27-3)19(29-5)17(11-15)28-4;/h10-11H,6-9,12-13H2,1-5H3,(H,21,22);1H. The van der Waals surface area contributed by atoms with E-state index in [0.29, 0.717) is 35.5 Å². The molecule has 11 heteroatoms. The van der Waals surface area contributed by atoms with Crippen LogP contribution in [0.3, 0.4) is 0 Å². The van der Waals surface area contributed by atoms with Gasteiger partial charge in [0.15, 0.2) is 23.3 Å². The van der Waals surface area contributed by atoms with Crippen LogP contribution in [0.4, 0.5) is 0 Å². The summed E-state index contributed by atoms with van der Waals surface area (Å²) in [6, 6.07) is 4.00. The number of halogens is 1. The molecule has 1 saturated heterocycles. The quantitative estimate of drug-likeness (QED) is 0.318. The van der Waals surface area contributed by atoms with Gasteiger partial charge in [-0.05, 0) is 24.6 Å². The molecule has 1 aliphatic rings. The molecular weight excluding hydrogens is 515 g/mol. The predicted molar refractivity (Wildman–Crippen MR) is 128 cm³/mol. The first kappa shape index (κ1) is 25.0. The zero-order valence-electron chi connectivity index (χ0n) is 18.7. The second-order valence-corrected chi connectivity index (χ2v) is 6.93. The van der Waals surface area contributed by atoms with Gasteiger partial charge in [-0.1, -0.05) is 5.16 Å². The summed E-state index contributed by atoms with van der Waals surface area (Å²) in [5, 5.41) is 7.10. The molecule has 1 aliphatic heterocycles. The Morgan fingerprint density at radius 3 is 2.23 bits per heavy atom. The molecule has 0 saturated carbocycles. The molecule has 2 aromatic rings. The first-order valence-electron chi connectivity index (χ1n) is 9.84. The Bertz CT molecular complexity index is 842. The summed E-state index contributed by atoms with van der Waals surface area (Å²) >= 11 is 0. The van der Waals surface area contributed by atoms with E-state index in [1.165, 1.54) is 0 Å². The number of nitrogens with one attached hydrogen (secondary N) is 1. The highest BCUT2D eigenvalue weighted by Crippen LogP contribution is 2.38. The van der Waals surface area contributed by atoms with Gasteiger partial charge in [0, 0.05) is 39.8 Å². The highest BCUT2D eigenvalue weighted by molar-refractivity contribution is 14.0. The third kappa shape index (κ3) is 6.35. The summed E-state index contributed by atoms with van der Waals surface area (Å²) in [4.78, 5) is 13.2. The number of hydrogen-bond acceptors (Lipinski definition) is 8. The number of benzene rings is 1. The first-order valence-corrected chi connectivity index (χ1v) is 9.84. The molecular formula is C20H31IN6O4. The van der Waals surface area contributed by atoms with Crippen molar-refractivity contribution in [1.82, 2.24) is 25.3 Å². The van der Waals surface area contributed by atoms with E-state index < -0.39 is 0 Å². The lowest BCUT2D eigenvalue weighted by Gasteiger charge is -2.36. The van der Waals surface area contributed by atoms with E-state index in [2.05, 4.69) is 30.2 Å². The molecule has 0 atom stereocenters.